The van der Waals surface area contributed by atoms with Crippen molar-refractivity contribution in [2.24, 2.45) is 5.16 Å². The Labute approximate surface area is 113 Å². The maximum atomic E-state index is 10.9. The molecule has 0 aliphatic heterocycles. The third kappa shape index (κ3) is 4.99. The number of carbonyl (C=O) groups is 1. The van der Waals surface area contributed by atoms with Gasteiger partial charge in [-0.1, -0.05) is 5.16 Å². The minimum Gasteiger partial charge on any atom is -0.497 e. The molecule has 0 spiro atoms. The van der Waals surface area contributed by atoms with E-state index in [2.05, 4.69) is 5.16 Å². The second kappa shape index (κ2) is 7.41. The molecule has 1 aromatic carbocycles. The first-order valence-corrected chi connectivity index (χ1v) is 5.97. The van der Waals surface area contributed by atoms with Crippen molar-refractivity contribution in [3.8, 4) is 11.5 Å². The third-order valence-electron chi connectivity index (χ3n) is 2.45. The summed E-state index contributed by atoms with van der Waals surface area (Å²) < 4.78 is 10.3. The van der Waals surface area contributed by atoms with E-state index >= 15 is 0 Å². The van der Waals surface area contributed by atoms with Crippen LogP contribution in [-0.2, 0) is 9.63 Å². The van der Waals surface area contributed by atoms with E-state index in [1.807, 2.05) is 12.1 Å². The molecule has 0 saturated carbocycles. The largest absolute Gasteiger partial charge is 0.497 e. The summed E-state index contributed by atoms with van der Waals surface area (Å²) in [6, 6.07) is 5.39. The van der Waals surface area contributed by atoms with Gasteiger partial charge >= 0.3 is 0 Å². The number of Topliss-reactive ketones (excluding diaryl/α,β-unsaturated/α-hetero) is 1. The lowest BCUT2D eigenvalue weighted by Gasteiger charge is -2.08. The molecule has 1 aromatic rings. The average molecular weight is 265 g/mol. The minimum atomic E-state index is -0.238. The zero-order valence-corrected chi connectivity index (χ0v) is 11.7. The third-order valence-corrected chi connectivity index (χ3v) is 2.45. The molecule has 104 valence electrons. The van der Waals surface area contributed by atoms with Crippen molar-refractivity contribution >= 4 is 12.0 Å². The molecule has 0 aliphatic carbocycles. The zero-order chi connectivity index (χ0) is 14.3. The molecular weight excluding hydrogens is 246 g/mol. The second-order valence-corrected chi connectivity index (χ2v) is 4.16. The summed E-state index contributed by atoms with van der Waals surface area (Å²) >= 11 is 0. The van der Waals surface area contributed by atoms with E-state index in [1.54, 1.807) is 33.4 Å². The van der Waals surface area contributed by atoms with Crippen LogP contribution in [0.15, 0.2) is 23.4 Å². The number of hydrogen-bond donors (Lipinski definition) is 0. The molecular formula is C14H19NO4. The van der Waals surface area contributed by atoms with Crippen molar-refractivity contribution in [1.82, 2.24) is 0 Å². The van der Waals surface area contributed by atoms with Gasteiger partial charge in [0, 0.05) is 18.1 Å². The predicted molar refractivity (Wildman–Crippen MR) is 73.0 cm³/mol. The number of carbonyl (C=O) groups excluding carboxylic acids is 1. The van der Waals surface area contributed by atoms with E-state index in [-0.39, 0.29) is 11.9 Å². The molecule has 0 radical (unpaired) electrons. The lowest BCUT2D eigenvalue weighted by molar-refractivity contribution is -0.119. The summed E-state index contributed by atoms with van der Waals surface area (Å²) in [5, 5.41) is 3.86. The lowest BCUT2D eigenvalue weighted by Crippen LogP contribution is -2.09. The lowest BCUT2D eigenvalue weighted by atomic mass is 10.2. The molecule has 0 N–H and O–H groups in total. The molecule has 0 fully saturated rings. The fraction of sp³-hybridized carbons (Fsp3) is 0.429. The smallest absolute Gasteiger partial charge is 0.133 e. The van der Waals surface area contributed by atoms with Gasteiger partial charge in [0.25, 0.3) is 0 Å². The van der Waals surface area contributed by atoms with Crippen LogP contribution in [0.5, 0.6) is 11.5 Å². The van der Waals surface area contributed by atoms with Crippen LogP contribution in [0.1, 0.15) is 25.8 Å². The van der Waals surface area contributed by atoms with E-state index in [4.69, 9.17) is 14.3 Å². The summed E-state index contributed by atoms with van der Waals surface area (Å²) in [4.78, 5) is 16.1. The van der Waals surface area contributed by atoms with Gasteiger partial charge in [-0.2, -0.15) is 0 Å². The normalized spacial score (nSPS) is 12.2. The van der Waals surface area contributed by atoms with E-state index in [9.17, 15) is 4.79 Å². The molecule has 1 rings (SSSR count). The highest BCUT2D eigenvalue weighted by molar-refractivity contribution is 5.83. The summed E-state index contributed by atoms with van der Waals surface area (Å²) in [7, 11) is 3.17. The van der Waals surface area contributed by atoms with Crippen LogP contribution >= 0.6 is 0 Å². The Bertz CT molecular complexity index is 457. The first-order valence-electron chi connectivity index (χ1n) is 5.97. The van der Waals surface area contributed by atoms with Crippen molar-refractivity contribution in [2.45, 2.75) is 26.4 Å². The Morgan fingerprint density at radius 1 is 1.37 bits per heavy atom. The first kappa shape index (κ1) is 15.0. The fourth-order valence-corrected chi connectivity index (χ4v) is 1.56. The van der Waals surface area contributed by atoms with Gasteiger partial charge in [0.15, 0.2) is 0 Å². The monoisotopic (exact) mass is 265 g/mol. The molecule has 0 bridgehead atoms. The molecule has 0 unspecified atom stereocenters. The minimum absolute atomic E-state index is 0.0738. The molecule has 0 aliphatic rings. The fourth-order valence-electron chi connectivity index (χ4n) is 1.56. The molecule has 19 heavy (non-hydrogen) atoms. The summed E-state index contributed by atoms with van der Waals surface area (Å²) in [5.41, 5.74) is 0.776. The number of ether oxygens (including phenoxy) is 2. The van der Waals surface area contributed by atoms with Gasteiger partial charge in [-0.25, -0.2) is 0 Å². The van der Waals surface area contributed by atoms with Gasteiger partial charge < -0.3 is 14.3 Å². The van der Waals surface area contributed by atoms with Gasteiger partial charge in [0.2, 0.25) is 0 Å². The number of hydrogen-bond acceptors (Lipinski definition) is 5. The highest BCUT2D eigenvalue weighted by Gasteiger charge is 2.06. The second-order valence-electron chi connectivity index (χ2n) is 4.16. The number of nitrogens with zero attached hydrogens (tertiary/aromatic N) is 1. The number of oxime groups is 1. The number of methoxy groups -OCH3 is 2. The number of rotatable bonds is 7. The van der Waals surface area contributed by atoms with Gasteiger partial charge in [0.1, 0.15) is 23.4 Å². The van der Waals surface area contributed by atoms with E-state index in [0.717, 1.165) is 5.56 Å². The van der Waals surface area contributed by atoms with Crippen LogP contribution in [0.4, 0.5) is 0 Å². The van der Waals surface area contributed by atoms with Crippen molar-refractivity contribution in [3.05, 3.63) is 23.8 Å². The Kier molecular flexibility index (Phi) is 5.85. The quantitative estimate of drug-likeness (QED) is 0.561. The summed E-state index contributed by atoms with van der Waals surface area (Å²) in [6.45, 7) is 3.32. The van der Waals surface area contributed by atoms with Crippen LogP contribution in [0.3, 0.4) is 0 Å². The van der Waals surface area contributed by atoms with E-state index < -0.39 is 0 Å². The molecule has 0 saturated heterocycles. The molecule has 5 nitrogen and oxygen atoms in total. The Balaban J connectivity index is 2.68. The van der Waals surface area contributed by atoms with Crippen LogP contribution < -0.4 is 9.47 Å². The highest BCUT2D eigenvalue weighted by Crippen LogP contribution is 2.23. The summed E-state index contributed by atoms with van der Waals surface area (Å²) in [5.74, 6) is 1.43. The predicted octanol–water partition coefficient (Wildman–Crippen LogP) is 2.42. The van der Waals surface area contributed by atoms with E-state index in [1.165, 1.54) is 6.92 Å². The summed E-state index contributed by atoms with van der Waals surface area (Å²) in [6.07, 6.45) is 1.66. The Morgan fingerprint density at radius 2 is 2.11 bits per heavy atom. The van der Waals surface area contributed by atoms with Crippen LogP contribution in [0, 0.1) is 0 Å². The standard InChI is InChI=1S/C14H19NO4/c1-10(16)7-11(2)19-15-9-12-5-6-13(17-3)8-14(12)18-4/h5-6,8-9,11H,7H2,1-4H3/b15-9+/t11-/m1/s1. The van der Waals surface area contributed by atoms with Crippen molar-refractivity contribution in [1.29, 1.82) is 0 Å². The topological polar surface area (TPSA) is 57.1 Å². The molecule has 5 heteroatoms. The van der Waals surface area contributed by atoms with Gasteiger partial charge in [-0.3, -0.25) is 4.79 Å². The SMILES string of the molecule is COc1ccc(/C=N/O[C@H](C)CC(C)=O)c(OC)c1. The maximum Gasteiger partial charge on any atom is 0.133 e. The van der Waals surface area contributed by atoms with Crippen LogP contribution in [0.25, 0.3) is 0 Å². The number of benzene rings is 1. The van der Waals surface area contributed by atoms with Gasteiger partial charge in [0.05, 0.1) is 20.4 Å². The Morgan fingerprint density at radius 3 is 2.68 bits per heavy atom. The number of ketones is 1. The van der Waals surface area contributed by atoms with Crippen LogP contribution in [-0.4, -0.2) is 32.3 Å². The molecule has 0 amide bonds. The van der Waals surface area contributed by atoms with Gasteiger partial charge in [-0.05, 0) is 26.0 Å². The van der Waals surface area contributed by atoms with Crippen molar-refractivity contribution in [2.75, 3.05) is 14.2 Å². The first-order chi connectivity index (χ1) is 9.06. The zero-order valence-electron chi connectivity index (χ0n) is 11.7. The van der Waals surface area contributed by atoms with E-state index in [0.29, 0.717) is 17.9 Å². The molecule has 1 atom stereocenters. The average Bonchev–Trinajstić information content (AvgIpc) is 2.38. The molecule has 0 aromatic heterocycles. The van der Waals surface area contributed by atoms with Gasteiger partial charge in [-0.15, -0.1) is 0 Å². The van der Waals surface area contributed by atoms with Crippen LogP contribution in [0.2, 0.25) is 0 Å². The highest BCUT2D eigenvalue weighted by atomic mass is 16.6. The maximum absolute atomic E-state index is 10.9. The Hall–Kier alpha value is -2.04. The van der Waals surface area contributed by atoms with Crippen molar-refractivity contribution < 1.29 is 19.1 Å². The van der Waals surface area contributed by atoms with Crippen molar-refractivity contribution in [3.63, 3.8) is 0 Å². The molecule has 0 heterocycles.